The summed E-state index contributed by atoms with van der Waals surface area (Å²) in [6.45, 7) is 6.24. The number of sulfonamides is 1. The number of hydrogen-bond acceptors (Lipinski definition) is 4. The van der Waals surface area contributed by atoms with Gasteiger partial charge in [-0.05, 0) is 17.9 Å². The second-order valence-electron chi connectivity index (χ2n) is 3.44. The van der Waals surface area contributed by atoms with Crippen LogP contribution in [-0.2, 0) is 10.0 Å². The fourth-order valence-corrected chi connectivity index (χ4v) is 5.00. The minimum atomic E-state index is -3.39. The quantitative estimate of drug-likeness (QED) is 0.809. The Bertz CT molecular complexity index is 346. The van der Waals surface area contributed by atoms with Gasteiger partial charge in [-0.2, -0.15) is 0 Å². The lowest BCUT2D eigenvalue weighted by Crippen LogP contribution is -2.41. The predicted molar refractivity (Wildman–Crippen MR) is 63.0 cm³/mol. The van der Waals surface area contributed by atoms with Crippen molar-refractivity contribution in [2.45, 2.75) is 31.5 Å². The second kappa shape index (κ2) is 4.86. The summed E-state index contributed by atoms with van der Waals surface area (Å²) in [6.07, 6.45) is -0.874. The van der Waals surface area contributed by atoms with Gasteiger partial charge in [0.25, 0.3) is 0 Å². The van der Waals surface area contributed by atoms with Crippen molar-refractivity contribution in [2.24, 2.45) is 0 Å². The fraction of sp³-hybridized carbons (Fsp3) is 0.778. The van der Waals surface area contributed by atoms with E-state index in [-0.39, 0.29) is 0 Å². The van der Waals surface area contributed by atoms with Gasteiger partial charge in [0.15, 0.2) is 4.58 Å². The minimum absolute atomic E-state index is 0.446. The Morgan fingerprint density at radius 2 is 2.00 bits per heavy atom. The maximum atomic E-state index is 12.1. The van der Waals surface area contributed by atoms with Crippen LogP contribution in [0.2, 0.25) is 0 Å². The Morgan fingerprint density at radius 1 is 1.47 bits per heavy atom. The molecule has 15 heavy (non-hydrogen) atoms. The van der Waals surface area contributed by atoms with Crippen LogP contribution in [0.15, 0.2) is 11.0 Å². The summed E-state index contributed by atoms with van der Waals surface area (Å²) in [6, 6.07) is 0. The molecule has 1 rings (SSSR count). The molecule has 0 aromatic heterocycles. The van der Waals surface area contributed by atoms with E-state index in [0.717, 1.165) is 5.57 Å². The highest BCUT2D eigenvalue weighted by molar-refractivity contribution is 8.14. The first kappa shape index (κ1) is 13.0. The zero-order valence-electron chi connectivity index (χ0n) is 9.17. The van der Waals surface area contributed by atoms with Crippen molar-refractivity contribution in [2.75, 3.05) is 13.1 Å². The molecule has 0 spiro atoms. The molecule has 0 amide bonds. The number of nitrogens with zero attached hydrogens (tertiary/aromatic N) is 1. The summed E-state index contributed by atoms with van der Waals surface area (Å²) in [5.74, 6) is 0. The molecule has 2 unspecified atom stereocenters. The van der Waals surface area contributed by atoms with Crippen LogP contribution in [0.3, 0.4) is 0 Å². The molecular formula is C9H17NO3S2. The Morgan fingerprint density at radius 3 is 2.33 bits per heavy atom. The van der Waals surface area contributed by atoms with Gasteiger partial charge in [0.05, 0.1) is 0 Å². The molecule has 0 saturated carbocycles. The average Bonchev–Trinajstić information content (AvgIpc) is 2.49. The number of thioether (sulfide) groups is 1. The van der Waals surface area contributed by atoms with Crippen LogP contribution in [0.1, 0.15) is 20.8 Å². The Hall–Kier alpha value is -0.0400. The first-order valence-corrected chi connectivity index (χ1v) is 7.38. The third kappa shape index (κ3) is 2.38. The van der Waals surface area contributed by atoms with Crippen LogP contribution >= 0.6 is 11.8 Å². The Kier molecular flexibility index (Phi) is 4.22. The number of hydrogen-bond donors (Lipinski definition) is 1. The van der Waals surface area contributed by atoms with Gasteiger partial charge in [-0.3, -0.25) is 0 Å². The van der Waals surface area contributed by atoms with Crippen molar-refractivity contribution in [1.82, 2.24) is 4.31 Å². The van der Waals surface area contributed by atoms with Crippen LogP contribution < -0.4 is 0 Å². The van der Waals surface area contributed by atoms with Crippen molar-refractivity contribution >= 4 is 21.8 Å². The summed E-state index contributed by atoms with van der Waals surface area (Å²) in [5, 5.41) is 11.5. The van der Waals surface area contributed by atoms with Gasteiger partial charge in [0.2, 0.25) is 10.0 Å². The first-order chi connectivity index (χ1) is 6.95. The molecule has 0 aromatic rings. The lowest BCUT2D eigenvalue weighted by Gasteiger charge is -2.24. The normalized spacial score (nSPS) is 27.1. The van der Waals surface area contributed by atoms with E-state index in [1.807, 2.05) is 0 Å². The van der Waals surface area contributed by atoms with Crippen LogP contribution in [0, 0.1) is 0 Å². The van der Waals surface area contributed by atoms with E-state index >= 15 is 0 Å². The fourth-order valence-electron chi connectivity index (χ4n) is 1.50. The minimum Gasteiger partial charge on any atom is -0.386 e. The van der Waals surface area contributed by atoms with E-state index in [1.54, 1.807) is 26.2 Å². The summed E-state index contributed by atoms with van der Waals surface area (Å²) in [4.78, 5) is 0. The van der Waals surface area contributed by atoms with E-state index in [2.05, 4.69) is 0 Å². The van der Waals surface area contributed by atoms with Gasteiger partial charge in [0, 0.05) is 13.1 Å². The number of aliphatic hydroxyl groups is 1. The summed E-state index contributed by atoms with van der Waals surface area (Å²) in [5.41, 5.74) is 0.723. The summed E-state index contributed by atoms with van der Waals surface area (Å²) >= 11 is 1.18. The van der Waals surface area contributed by atoms with Gasteiger partial charge < -0.3 is 5.11 Å². The molecule has 0 aromatic carbocycles. The van der Waals surface area contributed by atoms with Gasteiger partial charge in [0.1, 0.15) is 6.10 Å². The zero-order valence-corrected chi connectivity index (χ0v) is 10.8. The predicted octanol–water partition coefficient (Wildman–Crippen LogP) is 0.996. The van der Waals surface area contributed by atoms with Crippen molar-refractivity contribution in [1.29, 1.82) is 0 Å². The third-order valence-electron chi connectivity index (χ3n) is 2.47. The topological polar surface area (TPSA) is 57.6 Å². The Labute approximate surface area is 95.4 Å². The van der Waals surface area contributed by atoms with Crippen molar-refractivity contribution in [3.8, 4) is 0 Å². The van der Waals surface area contributed by atoms with Gasteiger partial charge >= 0.3 is 0 Å². The molecule has 1 aliphatic rings. The maximum absolute atomic E-state index is 12.1. The van der Waals surface area contributed by atoms with E-state index in [9.17, 15) is 13.5 Å². The van der Waals surface area contributed by atoms with Gasteiger partial charge in [-0.25, -0.2) is 12.7 Å². The standard InChI is InChI=1S/C9H17NO3S2/c1-4-10(5-2)15(12,13)9-8(11)7(3)6-14-9/h6,8-9,11H,4-5H2,1-3H3. The van der Waals surface area contributed by atoms with Crippen LogP contribution in [0.5, 0.6) is 0 Å². The molecule has 1 aliphatic heterocycles. The van der Waals surface area contributed by atoms with Crippen molar-refractivity contribution in [3.05, 3.63) is 11.0 Å². The largest absolute Gasteiger partial charge is 0.386 e. The molecule has 6 heteroatoms. The average molecular weight is 251 g/mol. The Balaban J connectivity index is 2.89. The van der Waals surface area contributed by atoms with Gasteiger partial charge in [-0.15, -0.1) is 11.8 Å². The molecule has 88 valence electrons. The molecule has 1 N–H and O–H groups in total. The smallest absolute Gasteiger partial charge is 0.229 e. The van der Waals surface area contributed by atoms with E-state index in [1.165, 1.54) is 16.1 Å². The first-order valence-electron chi connectivity index (χ1n) is 4.94. The SMILES string of the molecule is CCN(CC)S(=O)(=O)C1SC=C(C)C1O. The van der Waals surface area contributed by atoms with E-state index in [4.69, 9.17) is 0 Å². The molecule has 0 radical (unpaired) electrons. The lowest BCUT2D eigenvalue weighted by molar-refractivity contribution is 0.226. The van der Waals surface area contributed by atoms with Crippen LogP contribution in [0.25, 0.3) is 0 Å². The summed E-state index contributed by atoms with van der Waals surface area (Å²) in [7, 11) is -3.39. The maximum Gasteiger partial charge on any atom is 0.229 e. The molecule has 1 heterocycles. The van der Waals surface area contributed by atoms with E-state index in [0.29, 0.717) is 13.1 Å². The van der Waals surface area contributed by atoms with Crippen LogP contribution in [-0.4, -0.2) is 41.6 Å². The zero-order chi connectivity index (χ0) is 11.6. The molecule has 0 fully saturated rings. The highest BCUT2D eigenvalue weighted by Crippen LogP contribution is 2.35. The number of aliphatic hydroxyl groups excluding tert-OH is 1. The van der Waals surface area contributed by atoms with Gasteiger partial charge in [-0.1, -0.05) is 13.8 Å². The van der Waals surface area contributed by atoms with E-state index < -0.39 is 20.7 Å². The monoisotopic (exact) mass is 251 g/mol. The van der Waals surface area contributed by atoms with Crippen molar-refractivity contribution in [3.63, 3.8) is 0 Å². The molecule has 0 saturated heterocycles. The molecule has 0 aliphatic carbocycles. The highest BCUT2D eigenvalue weighted by atomic mass is 32.3. The third-order valence-corrected chi connectivity index (χ3v) is 6.65. The molecule has 0 bridgehead atoms. The second-order valence-corrected chi connectivity index (χ2v) is 6.81. The summed E-state index contributed by atoms with van der Waals surface area (Å²) < 4.78 is 24.7. The molecule has 2 atom stereocenters. The highest BCUT2D eigenvalue weighted by Gasteiger charge is 2.39. The lowest BCUT2D eigenvalue weighted by atomic mass is 10.2. The molecular weight excluding hydrogens is 234 g/mol. The number of rotatable bonds is 4. The van der Waals surface area contributed by atoms with Crippen LogP contribution in [0.4, 0.5) is 0 Å². The molecule has 4 nitrogen and oxygen atoms in total. The van der Waals surface area contributed by atoms with Crippen molar-refractivity contribution < 1.29 is 13.5 Å².